The number of hydrogen-bond acceptors (Lipinski definition) is 3. The van der Waals surface area contributed by atoms with Crippen LogP contribution in [0.25, 0.3) is 11.3 Å². The predicted octanol–water partition coefficient (Wildman–Crippen LogP) is 1.87. The molecule has 1 amide bonds. The average Bonchev–Trinajstić information content (AvgIpc) is 3.10. The molecule has 0 bridgehead atoms. The summed E-state index contributed by atoms with van der Waals surface area (Å²) in [4.78, 5) is 12.2. The Bertz CT molecular complexity index is 576. The van der Waals surface area contributed by atoms with Crippen molar-refractivity contribution in [1.29, 1.82) is 0 Å². The highest BCUT2D eigenvalue weighted by molar-refractivity contribution is 5.93. The lowest BCUT2D eigenvalue weighted by Crippen LogP contribution is -2.27. The zero-order valence-electron chi connectivity index (χ0n) is 11.4. The van der Waals surface area contributed by atoms with Gasteiger partial charge in [-0.1, -0.05) is 19.1 Å². The molecule has 0 spiro atoms. The van der Waals surface area contributed by atoms with Crippen molar-refractivity contribution in [3.05, 3.63) is 36.5 Å². The first-order valence-electron chi connectivity index (χ1n) is 6.85. The van der Waals surface area contributed by atoms with Crippen LogP contribution in [0.4, 0.5) is 5.69 Å². The Hall–Kier alpha value is -2.14. The highest BCUT2D eigenvalue weighted by Gasteiger charge is 2.29. The zero-order chi connectivity index (χ0) is 13.9. The molecule has 1 aromatic heterocycles. The lowest BCUT2D eigenvalue weighted by molar-refractivity contribution is -0.120. The number of hydrogen-bond donors (Lipinski definition) is 3. The first-order valence-corrected chi connectivity index (χ1v) is 6.85. The number of amides is 1. The second-order valence-electron chi connectivity index (χ2n) is 5.28. The van der Waals surface area contributed by atoms with Gasteiger partial charge >= 0.3 is 0 Å². The summed E-state index contributed by atoms with van der Waals surface area (Å²) in [7, 11) is 0. The number of nitrogens with zero attached hydrogens (tertiary/aromatic N) is 1. The molecular formula is C15H18N4O. The number of benzene rings is 1. The van der Waals surface area contributed by atoms with Crippen molar-refractivity contribution in [3.8, 4) is 11.3 Å². The van der Waals surface area contributed by atoms with Crippen LogP contribution in [0.5, 0.6) is 0 Å². The van der Waals surface area contributed by atoms with Gasteiger partial charge in [-0.25, -0.2) is 0 Å². The maximum absolute atomic E-state index is 12.2. The van der Waals surface area contributed by atoms with Crippen LogP contribution in [0, 0.1) is 11.8 Å². The SMILES string of the molecule is C[C@@H]1CNC[C@H]1C(=O)Nc1ccc(-c2ccn[nH]2)cc1. The smallest absolute Gasteiger partial charge is 0.229 e. The van der Waals surface area contributed by atoms with E-state index in [0.29, 0.717) is 5.92 Å². The summed E-state index contributed by atoms with van der Waals surface area (Å²) >= 11 is 0. The average molecular weight is 270 g/mol. The third-order valence-corrected chi connectivity index (χ3v) is 3.82. The van der Waals surface area contributed by atoms with Crippen molar-refractivity contribution in [2.24, 2.45) is 11.8 Å². The van der Waals surface area contributed by atoms with Gasteiger partial charge in [0.05, 0.1) is 11.6 Å². The Morgan fingerprint density at radius 2 is 2.05 bits per heavy atom. The van der Waals surface area contributed by atoms with Gasteiger partial charge in [-0.2, -0.15) is 5.10 Å². The molecular weight excluding hydrogens is 252 g/mol. The number of carbonyl (C=O) groups is 1. The molecule has 0 radical (unpaired) electrons. The molecule has 0 saturated carbocycles. The molecule has 1 aromatic carbocycles. The largest absolute Gasteiger partial charge is 0.326 e. The van der Waals surface area contributed by atoms with Gasteiger partial charge < -0.3 is 10.6 Å². The minimum absolute atomic E-state index is 0.0577. The van der Waals surface area contributed by atoms with Gasteiger partial charge in [-0.05, 0) is 36.2 Å². The standard InChI is InChI=1S/C15H18N4O/c1-10-8-16-9-13(10)15(20)18-12-4-2-11(3-5-12)14-6-7-17-19-14/h2-7,10,13,16H,8-9H2,1H3,(H,17,19)(H,18,20)/t10-,13-/m1/s1. The third kappa shape index (κ3) is 2.58. The van der Waals surface area contributed by atoms with Gasteiger partial charge in [0.25, 0.3) is 0 Å². The van der Waals surface area contributed by atoms with Crippen molar-refractivity contribution in [2.45, 2.75) is 6.92 Å². The summed E-state index contributed by atoms with van der Waals surface area (Å²) in [6, 6.07) is 9.70. The number of anilines is 1. The van der Waals surface area contributed by atoms with Crippen LogP contribution >= 0.6 is 0 Å². The number of nitrogens with one attached hydrogen (secondary N) is 3. The zero-order valence-corrected chi connectivity index (χ0v) is 11.4. The van der Waals surface area contributed by atoms with Crippen molar-refractivity contribution >= 4 is 11.6 Å². The summed E-state index contributed by atoms with van der Waals surface area (Å²) in [6.07, 6.45) is 1.72. The minimum atomic E-state index is 0.0577. The van der Waals surface area contributed by atoms with Crippen LogP contribution in [0.3, 0.4) is 0 Å². The molecule has 1 aliphatic heterocycles. The summed E-state index contributed by atoms with van der Waals surface area (Å²) in [5.74, 6) is 0.540. The molecule has 20 heavy (non-hydrogen) atoms. The second-order valence-corrected chi connectivity index (χ2v) is 5.28. The van der Waals surface area contributed by atoms with Gasteiger partial charge in [0.2, 0.25) is 5.91 Å². The number of H-pyrrole nitrogens is 1. The number of rotatable bonds is 3. The Morgan fingerprint density at radius 1 is 1.25 bits per heavy atom. The Kier molecular flexibility index (Phi) is 3.52. The molecule has 5 heteroatoms. The van der Waals surface area contributed by atoms with E-state index in [-0.39, 0.29) is 11.8 Å². The molecule has 2 atom stereocenters. The molecule has 1 saturated heterocycles. The van der Waals surface area contributed by atoms with Crippen LogP contribution in [-0.4, -0.2) is 29.2 Å². The van der Waals surface area contributed by atoms with E-state index in [1.165, 1.54) is 0 Å². The lowest BCUT2D eigenvalue weighted by atomic mass is 9.97. The maximum atomic E-state index is 12.2. The van der Waals surface area contributed by atoms with E-state index in [2.05, 4.69) is 27.8 Å². The minimum Gasteiger partial charge on any atom is -0.326 e. The predicted molar refractivity (Wildman–Crippen MR) is 78.2 cm³/mol. The van der Waals surface area contributed by atoms with Crippen LogP contribution in [0.1, 0.15) is 6.92 Å². The fourth-order valence-electron chi connectivity index (χ4n) is 2.55. The number of aromatic amines is 1. The second kappa shape index (κ2) is 5.46. The van der Waals surface area contributed by atoms with Gasteiger partial charge in [0, 0.05) is 18.4 Å². The highest BCUT2D eigenvalue weighted by Crippen LogP contribution is 2.21. The molecule has 2 aromatic rings. The van der Waals surface area contributed by atoms with Gasteiger partial charge in [-0.3, -0.25) is 9.89 Å². The molecule has 1 fully saturated rings. The topological polar surface area (TPSA) is 69.8 Å². The van der Waals surface area contributed by atoms with E-state index in [9.17, 15) is 4.79 Å². The van der Waals surface area contributed by atoms with Crippen molar-refractivity contribution in [1.82, 2.24) is 15.5 Å². The first kappa shape index (κ1) is 12.9. The van der Waals surface area contributed by atoms with Crippen LogP contribution < -0.4 is 10.6 Å². The molecule has 3 rings (SSSR count). The highest BCUT2D eigenvalue weighted by atomic mass is 16.1. The van der Waals surface area contributed by atoms with E-state index >= 15 is 0 Å². The van der Waals surface area contributed by atoms with Crippen LogP contribution in [0.2, 0.25) is 0 Å². The van der Waals surface area contributed by atoms with Crippen molar-refractivity contribution < 1.29 is 4.79 Å². The van der Waals surface area contributed by atoms with Gasteiger partial charge in [0.15, 0.2) is 0 Å². The van der Waals surface area contributed by atoms with Crippen molar-refractivity contribution in [3.63, 3.8) is 0 Å². The number of aromatic nitrogens is 2. The molecule has 0 unspecified atom stereocenters. The molecule has 3 N–H and O–H groups in total. The molecule has 5 nitrogen and oxygen atoms in total. The fourth-order valence-corrected chi connectivity index (χ4v) is 2.55. The summed E-state index contributed by atoms with van der Waals surface area (Å²) in [5.41, 5.74) is 2.85. The van der Waals surface area contributed by atoms with E-state index < -0.39 is 0 Å². The molecule has 104 valence electrons. The van der Waals surface area contributed by atoms with Crippen molar-refractivity contribution in [2.75, 3.05) is 18.4 Å². The van der Waals surface area contributed by atoms with E-state index in [1.807, 2.05) is 30.3 Å². The quantitative estimate of drug-likeness (QED) is 0.797. The van der Waals surface area contributed by atoms with Gasteiger partial charge in [0.1, 0.15) is 0 Å². The lowest BCUT2D eigenvalue weighted by Gasteiger charge is -2.14. The van der Waals surface area contributed by atoms with Gasteiger partial charge in [-0.15, -0.1) is 0 Å². The van der Waals surface area contributed by atoms with Crippen LogP contribution in [-0.2, 0) is 4.79 Å². The third-order valence-electron chi connectivity index (χ3n) is 3.82. The van der Waals surface area contributed by atoms with E-state index in [0.717, 1.165) is 30.0 Å². The first-order chi connectivity index (χ1) is 9.74. The monoisotopic (exact) mass is 270 g/mol. The summed E-state index contributed by atoms with van der Waals surface area (Å²) in [5, 5.41) is 13.1. The normalized spacial score (nSPS) is 21.9. The number of carbonyl (C=O) groups excluding carboxylic acids is 1. The molecule has 0 aliphatic carbocycles. The Morgan fingerprint density at radius 3 is 2.65 bits per heavy atom. The Balaban J connectivity index is 1.68. The molecule has 1 aliphatic rings. The summed E-state index contributed by atoms with van der Waals surface area (Å²) in [6.45, 7) is 3.78. The van der Waals surface area contributed by atoms with E-state index in [1.54, 1.807) is 6.20 Å². The van der Waals surface area contributed by atoms with Crippen LogP contribution in [0.15, 0.2) is 36.5 Å². The summed E-state index contributed by atoms with van der Waals surface area (Å²) < 4.78 is 0. The molecule has 2 heterocycles. The maximum Gasteiger partial charge on any atom is 0.229 e. The van der Waals surface area contributed by atoms with E-state index in [4.69, 9.17) is 0 Å². The fraction of sp³-hybridized carbons (Fsp3) is 0.333. The Labute approximate surface area is 117 Å².